The lowest BCUT2D eigenvalue weighted by Gasteiger charge is -2.38. The normalized spacial score (nSPS) is 24.2. The van der Waals surface area contributed by atoms with E-state index in [1.54, 1.807) is 11.1 Å². The van der Waals surface area contributed by atoms with E-state index in [2.05, 4.69) is 53.8 Å². The fourth-order valence-electron chi connectivity index (χ4n) is 4.52. The quantitative estimate of drug-likeness (QED) is 0.606. The summed E-state index contributed by atoms with van der Waals surface area (Å²) in [6.45, 7) is 2.29. The molecule has 20 heavy (non-hydrogen) atoms. The first-order valence-electron chi connectivity index (χ1n) is 7.53. The summed E-state index contributed by atoms with van der Waals surface area (Å²) >= 11 is 0. The number of nitrogens with one attached hydrogen (secondary N) is 1. The first-order valence-corrected chi connectivity index (χ1v) is 7.53. The highest BCUT2D eigenvalue weighted by molar-refractivity contribution is 6.08. The Balaban J connectivity index is 2.05. The van der Waals surface area contributed by atoms with Crippen LogP contribution in [0.1, 0.15) is 17.5 Å². The zero-order valence-electron chi connectivity index (χ0n) is 11.4. The zero-order valence-corrected chi connectivity index (χ0v) is 11.4. The predicted molar refractivity (Wildman–Crippen MR) is 84.3 cm³/mol. The molecule has 0 saturated carbocycles. The molecule has 2 aliphatic carbocycles. The Morgan fingerprint density at radius 1 is 0.800 bits per heavy atom. The molecule has 3 aliphatic rings. The summed E-state index contributed by atoms with van der Waals surface area (Å²) in [5.74, 6) is 0. The molecule has 98 valence electrons. The van der Waals surface area contributed by atoms with Crippen molar-refractivity contribution >= 4 is 21.5 Å². The molecular formula is C19H17N. The highest BCUT2D eigenvalue weighted by Crippen LogP contribution is 2.50. The Kier molecular flexibility index (Phi) is 1.97. The Morgan fingerprint density at radius 3 is 1.95 bits per heavy atom. The van der Waals surface area contributed by atoms with Crippen LogP contribution < -0.4 is 5.32 Å². The van der Waals surface area contributed by atoms with Gasteiger partial charge < -0.3 is 5.32 Å². The third-order valence-corrected chi connectivity index (χ3v) is 5.33. The van der Waals surface area contributed by atoms with Gasteiger partial charge in [-0.15, -0.1) is 0 Å². The lowest BCUT2D eigenvalue weighted by atomic mass is 9.65. The second kappa shape index (κ2) is 3.62. The number of hydrogen-bond acceptors (Lipinski definition) is 1. The molecule has 1 atom stereocenters. The van der Waals surface area contributed by atoms with E-state index in [9.17, 15) is 0 Å². The van der Waals surface area contributed by atoms with E-state index in [4.69, 9.17) is 0 Å². The summed E-state index contributed by atoms with van der Waals surface area (Å²) in [6.07, 6.45) is 2.48. The average molecular weight is 259 g/mol. The maximum absolute atomic E-state index is 3.60. The van der Waals surface area contributed by atoms with Crippen LogP contribution in [0.4, 0.5) is 0 Å². The van der Waals surface area contributed by atoms with Crippen molar-refractivity contribution in [2.24, 2.45) is 0 Å². The Bertz CT molecular complexity index is 784. The number of hydrogen-bond donors (Lipinski definition) is 1. The second-order valence-electron chi connectivity index (χ2n) is 6.33. The van der Waals surface area contributed by atoms with E-state index in [1.165, 1.54) is 34.4 Å². The van der Waals surface area contributed by atoms with Gasteiger partial charge in [-0.2, -0.15) is 0 Å². The molecule has 1 aliphatic heterocycles. The van der Waals surface area contributed by atoms with E-state index < -0.39 is 0 Å². The maximum Gasteiger partial charge on any atom is 0.0143 e. The van der Waals surface area contributed by atoms with Crippen molar-refractivity contribution in [3.05, 3.63) is 59.7 Å². The molecular weight excluding hydrogens is 242 g/mol. The van der Waals surface area contributed by atoms with Gasteiger partial charge in [0.1, 0.15) is 0 Å². The van der Waals surface area contributed by atoms with Crippen molar-refractivity contribution in [2.75, 3.05) is 13.1 Å². The molecule has 1 saturated heterocycles. The van der Waals surface area contributed by atoms with Gasteiger partial charge in [0.15, 0.2) is 0 Å². The summed E-state index contributed by atoms with van der Waals surface area (Å²) in [5, 5.41) is 9.50. The Labute approximate surface area is 118 Å². The lowest BCUT2D eigenvalue weighted by molar-refractivity contribution is 0.472. The molecule has 0 aromatic heterocycles. The van der Waals surface area contributed by atoms with Gasteiger partial charge in [-0.3, -0.25) is 0 Å². The maximum atomic E-state index is 3.60. The van der Waals surface area contributed by atoms with Crippen LogP contribution in [-0.2, 0) is 11.8 Å². The van der Waals surface area contributed by atoms with Gasteiger partial charge in [0.05, 0.1) is 0 Å². The smallest absolute Gasteiger partial charge is 0.0143 e. The summed E-state index contributed by atoms with van der Waals surface area (Å²) in [5.41, 5.74) is 3.51. The van der Waals surface area contributed by atoms with Crippen LogP contribution in [0.3, 0.4) is 0 Å². The van der Waals surface area contributed by atoms with Crippen LogP contribution in [0.25, 0.3) is 21.5 Å². The zero-order chi connectivity index (χ0) is 13.2. The van der Waals surface area contributed by atoms with E-state index in [0.29, 0.717) is 5.41 Å². The fourth-order valence-corrected chi connectivity index (χ4v) is 4.52. The van der Waals surface area contributed by atoms with E-state index in [-0.39, 0.29) is 0 Å². The summed E-state index contributed by atoms with van der Waals surface area (Å²) in [7, 11) is 0. The molecule has 1 heterocycles. The molecule has 1 nitrogen and oxygen atoms in total. The van der Waals surface area contributed by atoms with Crippen molar-refractivity contribution < 1.29 is 0 Å². The molecule has 3 aromatic rings. The van der Waals surface area contributed by atoms with Crippen LogP contribution in [0.2, 0.25) is 0 Å². The minimum absolute atomic E-state index is 0.345. The minimum atomic E-state index is 0.345. The van der Waals surface area contributed by atoms with Crippen LogP contribution in [0.15, 0.2) is 48.5 Å². The molecule has 1 fully saturated rings. The molecule has 0 amide bonds. The number of rotatable bonds is 0. The van der Waals surface area contributed by atoms with E-state index >= 15 is 0 Å². The molecule has 1 heteroatoms. The highest BCUT2D eigenvalue weighted by Gasteiger charge is 2.42. The Morgan fingerprint density at radius 2 is 1.40 bits per heavy atom. The van der Waals surface area contributed by atoms with Gasteiger partial charge >= 0.3 is 0 Å². The van der Waals surface area contributed by atoms with Crippen LogP contribution in [-0.4, -0.2) is 13.1 Å². The summed E-state index contributed by atoms with van der Waals surface area (Å²) < 4.78 is 0. The molecule has 1 N–H and O–H groups in total. The van der Waals surface area contributed by atoms with Crippen LogP contribution in [0, 0.1) is 0 Å². The first-order chi connectivity index (χ1) is 9.89. The van der Waals surface area contributed by atoms with Gasteiger partial charge in [0, 0.05) is 12.0 Å². The third kappa shape index (κ3) is 1.17. The first kappa shape index (κ1) is 10.9. The van der Waals surface area contributed by atoms with Crippen molar-refractivity contribution in [3.63, 3.8) is 0 Å². The number of benzene rings is 3. The van der Waals surface area contributed by atoms with Crippen molar-refractivity contribution in [2.45, 2.75) is 18.3 Å². The largest absolute Gasteiger partial charge is 0.316 e. The molecule has 1 unspecified atom stereocenters. The SMILES string of the molecule is c1ccc2c3c4ccccc4c(c2c1)CC31CCNC1. The molecule has 0 radical (unpaired) electrons. The van der Waals surface area contributed by atoms with Crippen molar-refractivity contribution in [3.8, 4) is 0 Å². The average Bonchev–Trinajstić information content (AvgIpc) is 2.96. The van der Waals surface area contributed by atoms with E-state index in [0.717, 1.165) is 13.1 Å². The lowest BCUT2D eigenvalue weighted by Crippen LogP contribution is -2.35. The minimum Gasteiger partial charge on any atom is -0.316 e. The molecule has 6 rings (SSSR count). The molecule has 3 aromatic carbocycles. The topological polar surface area (TPSA) is 12.0 Å². The summed E-state index contributed by atoms with van der Waals surface area (Å²) in [4.78, 5) is 0. The standard InChI is InChI=1S/C19H17N/c1-3-7-15-13(5-1)17-11-19(9-10-20-12-19)18(15)16-8-4-2-6-14(16)17/h1-8,20H,9-12H2. The predicted octanol–water partition coefficient (Wildman–Crippen LogP) is 3.78. The van der Waals surface area contributed by atoms with Gasteiger partial charge in [-0.1, -0.05) is 48.5 Å². The Hall–Kier alpha value is -1.86. The summed E-state index contributed by atoms with van der Waals surface area (Å²) in [6, 6.07) is 18.0. The van der Waals surface area contributed by atoms with Crippen LogP contribution >= 0.6 is 0 Å². The van der Waals surface area contributed by atoms with Gasteiger partial charge in [0.25, 0.3) is 0 Å². The second-order valence-corrected chi connectivity index (χ2v) is 6.33. The molecule has 1 spiro atoms. The molecule has 2 bridgehead atoms. The monoisotopic (exact) mass is 259 g/mol. The van der Waals surface area contributed by atoms with Crippen LogP contribution in [0.5, 0.6) is 0 Å². The van der Waals surface area contributed by atoms with E-state index in [1.807, 2.05) is 0 Å². The van der Waals surface area contributed by atoms with Crippen molar-refractivity contribution in [1.29, 1.82) is 0 Å². The van der Waals surface area contributed by atoms with Gasteiger partial charge in [0.2, 0.25) is 0 Å². The van der Waals surface area contributed by atoms with Gasteiger partial charge in [-0.25, -0.2) is 0 Å². The van der Waals surface area contributed by atoms with Crippen molar-refractivity contribution in [1.82, 2.24) is 5.32 Å². The van der Waals surface area contributed by atoms with Gasteiger partial charge in [-0.05, 0) is 52.1 Å². The third-order valence-electron chi connectivity index (χ3n) is 5.33. The highest BCUT2D eigenvalue weighted by atomic mass is 14.9. The fraction of sp³-hybridized carbons (Fsp3) is 0.263.